The molecule has 8 heteroatoms. The number of piperazine rings is 1. The minimum absolute atomic E-state index is 0.103. The molecule has 3 unspecified atom stereocenters. The molecule has 3 heterocycles. The van der Waals surface area contributed by atoms with Gasteiger partial charge < -0.3 is 20.6 Å². The van der Waals surface area contributed by atoms with E-state index in [0.717, 1.165) is 67.4 Å². The highest BCUT2D eigenvalue weighted by Crippen LogP contribution is 2.61. The Labute approximate surface area is 202 Å². The van der Waals surface area contributed by atoms with Crippen molar-refractivity contribution < 1.29 is 9.90 Å². The minimum Gasteiger partial charge on any atom is -0.391 e. The normalized spacial score (nSPS) is 33.9. The van der Waals surface area contributed by atoms with E-state index in [-0.39, 0.29) is 17.4 Å². The van der Waals surface area contributed by atoms with E-state index >= 15 is 0 Å². The van der Waals surface area contributed by atoms with Gasteiger partial charge in [-0.3, -0.25) is 9.69 Å². The average molecular weight is 469 g/mol. The van der Waals surface area contributed by atoms with Crippen LogP contribution in [0.15, 0.2) is 6.33 Å². The number of carbonyl (C=O) groups is 1. The van der Waals surface area contributed by atoms with Crippen molar-refractivity contribution in [2.45, 2.75) is 64.0 Å². The highest BCUT2D eigenvalue weighted by molar-refractivity contribution is 5.78. The Morgan fingerprint density at radius 2 is 2.03 bits per heavy atom. The first-order valence-electron chi connectivity index (χ1n) is 13.6. The highest BCUT2D eigenvalue weighted by Gasteiger charge is 2.54. The van der Waals surface area contributed by atoms with E-state index in [9.17, 15) is 9.90 Å². The second-order valence-corrected chi connectivity index (χ2v) is 11.7. The molecule has 1 aromatic heterocycles. The Bertz CT molecular complexity index is 901. The molecule has 1 aromatic rings. The second kappa shape index (κ2) is 9.36. The van der Waals surface area contributed by atoms with Crippen molar-refractivity contribution in [3.8, 4) is 0 Å². The smallest absolute Gasteiger partial charge is 0.237 e. The maximum Gasteiger partial charge on any atom is 0.237 e. The zero-order valence-corrected chi connectivity index (χ0v) is 20.3. The van der Waals surface area contributed by atoms with Crippen molar-refractivity contribution in [2.75, 3.05) is 51.1 Å². The number of aromatic nitrogens is 2. The summed E-state index contributed by atoms with van der Waals surface area (Å²) in [5.74, 6) is 3.53. The number of aliphatic hydroxyl groups excluding tert-OH is 1. The molecular formula is C26H40N6O2. The standard InChI is InChI=1S/C26H40N6O2/c33-23(26-11-18-2-1-3-19(12-26)20(10-18)13-26)14-28-25-21-4-7-32(15-22(21)29-17-30-25)24(34)16-31-8-5-27-6-9-31/h17-20,23,27,33H,1-16H2,(H,28,29,30)/t18?,19-,20+,23?,26?/m0/s1. The van der Waals surface area contributed by atoms with Gasteiger partial charge in [0.15, 0.2) is 0 Å². The molecule has 0 radical (unpaired) electrons. The van der Waals surface area contributed by atoms with Gasteiger partial charge in [-0.25, -0.2) is 9.97 Å². The summed E-state index contributed by atoms with van der Waals surface area (Å²) in [6.45, 7) is 6.07. The van der Waals surface area contributed by atoms with Crippen molar-refractivity contribution >= 4 is 11.7 Å². The Balaban J connectivity index is 1.08. The molecule has 4 fully saturated rings. The average Bonchev–Trinajstić information content (AvgIpc) is 3.03. The molecule has 34 heavy (non-hydrogen) atoms. The number of aliphatic hydroxyl groups is 1. The number of anilines is 1. The van der Waals surface area contributed by atoms with E-state index in [1.807, 2.05) is 4.90 Å². The Kier molecular flexibility index (Phi) is 6.24. The summed E-state index contributed by atoms with van der Waals surface area (Å²) in [7, 11) is 0. The molecule has 0 aromatic carbocycles. The van der Waals surface area contributed by atoms with Crippen LogP contribution in [-0.2, 0) is 17.8 Å². The third-order valence-corrected chi connectivity index (χ3v) is 9.62. The van der Waals surface area contributed by atoms with Crippen LogP contribution in [0.2, 0.25) is 0 Å². The fourth-order valence-electron chi connectivity index (χ4n) is 7.91. The van der Waals surface area contributed by atoms with Gasteiger partial charge in [0.1, 0.15) is 12.1 Å². The summed E-state index contributed by atoms with van der Waals surface area (Å²) < 4.78 is 0. The van der Waals surface area contributed by atoms with Crippen LogP contribution in [0.4, 0.5) is 5.82 Å². The molecular weight excluding hydrogens is 428 g/mol. The molecule has 5 aliphatic rings. The van der Waals surface area contributed by atoms with Gasteiger partial charge in [0.25, 0.3) is 0 Å². The number of amides is 1. The summed E-state index contributed by atoms with van der Waals surface area (Å²) in [6, 6.07) is 0. The lowest BCUT2D eigenvalue weighted by Gasteiger charge is -2.41. The molecule has 3 aliphatic carbocycles. The van der Waals surface area contributed by atoms with E-state index in [2.05, 4.69) is 25.5 Å². The summed E-state index contributed by atoms with van der Waals surface area (Å²) in [5.41, 5.74) is 2.16. The molecule has 1 amide bonds. The van der Waals surface area contributed by atoms with Crippen molar-refractivity contribution in [3.63, 3.8) is 0 Å². The van der Waals surface area contributed by atoms with E-state index in [1.165, 1.54) is 44.9 Å². The molecule has 3 bridgehead atoms. The van der Waals surface area contributed by atoms with E-state index in [0.29, 0.717) is 26.2 Å². The lowest BCUT2D eigenvalue weighted by atomic mass is 9.66. The van der Waals surface area contributed by atoms with Gasteiger partial charge >= 0.3 is 0 Å². The van der Waals surface area contributed by atoms with Crippen LogP contribution in [-0.4, -0.2) is 82.7 Å². The van der Waals surface area contributed by atoms with Crippen molar-refractivity contribution in [2.24, 2.45) is 23.2 Å². The SMILES string of the molecule is O=C(CN1CCNCC1)N1CCc2c(ncnc2NCC(O)C23CC4CCC[C@@H](C2)[C@H](C4)C3)C1. The van der Waals surface area contributed by atoms with Crippen LogP contribution >= 0.6 is 0 Å². The zero-order chi connectivity index (χ0) is 23.1. The van der Waals surface area contributed by atoms with Gasteiger partial charge in [0.2, 0.25) is 5.91 Å². The van der Waals surface area contributed by atoms with E-state index < -0.39 is 0 Å². The topological polar surface area (TPSA) is 93.6 Å². The Morgan fingerprint density at radius 3 is 2.91 bits per heavy atom. The number of fused-ring (bicyclic) bond motifs is 3. The molecule has 0 spiro atoms. The summed E-state index contributed by atoms with van der Waals surface area (Å²) in [5, 5.41) is 18.2. The molecule has 2 aliphatic heterocycles. The number of nitrogens with one attached hydrogen (secondary N) is 2. The molecule has 5 atom stereocenters. The third kappa shape index (κ3) is 4.33. The molecule has 186 valence electrons. The van der Waals surface area contributed by atoms with E-state index in [1.54, 1.807) is 6.33 Å². The first-order valence-corrected chi connectivity index (χ1v) is 13.6. The van der Waals surface area contributed by atoms with Crippen LogP contribution < -0.4 is 10.6 Å². The molecule has 3 saturated carbocycles. The third-order valence-electron chi connectivity index (χ3n) is 9.62. The predicted molar refractivity (Wildman–Crippen MR) is 130 cm³/mol. The van der Waals surface area contributed by atoms with Crippen molar-refractivity contribution in [3.05, 3.63) is 17.6 Å². The van der Waals surface area contributed by atoms with Crippen LogP contribution in [0, 0.1) is 23.2 Å². The van der Waals surface area contributed by atoms with Gasteiger partial charge in [-0.15, -0.1) is 0 Å². The summed E-state index contributed by atoms with van der Waals surface area (Å²) in [4.78, 5) is 26.1. The summed E-state index contributed by atoms with van der Waals surface area (Å²) in [6.07, 6.45) is 11.2. The molecule has 1 saturated heterocycles. The minimum atomic E-state index is -0.327. The second-order valence-electron chi connectivity index (χ2n) is 11.7. The summed E-state index contributed by atoms with van der Waals surface area (Å²) >= 11 is 0. The molecule has 6 rings (SSSR count). The highest BCUT2D eigenvalue weighted by atomic mass is 16.3. The first kappa shape index (κ1) is 22.7. The largest absolute Gasteiger partial charge is 0.391 e. The molecule has 3 N–H and O–H groups in total. The predicted octanol–water partition coefficient (Wildman–Crippen LogP) is 1.65. The van der Waals surface area contributed by atoms with Crippen LogP contribution in [0.5, 0.6) is 0 Å². The zero-order valence-electron chi connectivity index (χ0n) is 20.3. The van der Waals surface area contributed by atoms with Crippen LogP contribution in [0.25, 0.3) is 0 Å². The lowest BCUT2D eigenvalue weighted by molar-refractivity contribution is -0.133. The molecule has 8 nitrogen and oxygen atoms in total. The van der Waals surface area contributed by atoms with Crippen LogP contribution in [0.1, 0.15) is 56.2 Å². The maximum absolute atomic E-state index is 12.9. The Hall–Kier alpha value is -1.77. The van der Waals surface area contributed by atoms with Gasteiger partial charge in [0, 0.05) is 44.8 Å². The van der Waals surface area contributed by atoms with Crippen molar-refractivity contribution in [1.29, 1.82) is 0 Å². The lowest BCUT2D eigenvalue weighted by Crippen LogP contribution is -2.49. The van der Waals surface area contributed by atoms with E-state index in [4.69, 9.17) is 0 Å². The first-order chi connectivity index (χ1) is 16.6. The number of nitrogens with zero attached hydrogens (tertiary/aromatic N) is 4. The van der Waals surface area contributed by atoms with Gasteiger partial charge in [0.05, 0.1) is 24.9 Å². The fraction of sp³-hybridized carbons (Fsp3) is 0.808. The van der Waals surface area contributed by atoms with Gasteiger partial charge in [-0.05, 0) is 55.3 Å². The Morgan fingerprint density at radius 1 is 1.18 bits per heavy atom. The monoisotopic (exact) mass is 468 g/mol. The van der Waals surface area contributed by atoms with Crippen LogP contribution in [0.3, 0.4) is 0 Å². The number of hydrogen-bond acceptors (Lipinski definition) is 7. The number of carbonyl (C=O) groups excluding carboxylic acids is 1. The number of hydrogen-bond donors (Lipinski definition) is 3. The van der Waals surface area contributed by atoms with Gasteiger partial charge in [-0.1, -0.05) is 19.3 Å². The fourth-order valence-corrected chi connectivity index (χ4v) is 7.91. The van der Waals surface area contributed by atoms with Crippen molar-refractivity contribution in [1.82, 2.24) is 25.1 Å². The quantitative estimate of drug-likeness (QED) is 0.584. The van der Waals surface area contributed by atoms with Gasteiger partial charge in [-0.2, -0.15) is 0 Å². The maximum atomic E-state index is 12.9. The number of rotatable bonds is 6.